The molecule has 18 nitrogen and oxygen atoms in total. The van der Waals surface area contributed by atoms with Gasteiger partial charge in [-0.05, 0) is 86.6 Å². The third-order valence-electron chi connectivity index (χ3n) is 13.8. The fourth-order valence-electron chi connectivity index (χ4n) is 9.97. The highest BCUT2D eigenvalue weighted by Gasteiger charge is 2.46. The van der Waals surface area contributed by atoms with Crippen molar-refractivity contribution in [2.24, 2.45) is 0 Å². The molecule has 5 aliphatic rings. The van der Waals surface area contributed by atoms with E-state index in [4.69, 9.17) is 9.97 Å². The van der Waals surface area contributed by atoms with Gasteiger partial charge in [-0.2, -0.15) is 4.98 Å². The Kier molecular flexibility index (Phi) is 11.2. The molecule has 3 aromatic heterocycles. The second kappa shape index (κ2) is 17.2. The van der Waals surface area contributed by atoms with Crippen molar-refractivity contribution in [3.8, 4) is 5.82 Å². The Balaban J connectivity index is 0.690. The number of likely N-dealkylation sites (tertiary alicyclic amines) is 1. The van der Waals surface area contributed by atoms with Crippen LogP contribution in [0.4, 0.5) is 27.4 Å². The molecular weight excluding hydrogens is 848 g/mol. The van der Waals surface area contributed by atoms with Crippen LogP contribution in [0, 0.1) is 5.82 Å². The SMILES string of the molecule is C=CCn1c(=O)c2cnc(Nc3ccc(NCCNC4CCN(C5CN(c6cc7c(cc6F)C(=O)N(C6CCC(=O)NC6=O)C7=O)C5)CC4)cc3)nc2n1-c1ccc2c(n1)[C@@](O)(CC)CC2. The molecule has 1 unspecified atom stereocenters. The number of aryl methyl sites for hydroxylation is 1. The second-order valence-electron chi connectivity index (χ2n) is 17.7. The first-order chi connectivity index (χ1) is 31.9. The number of aromatic nitrogens is 5. The first-order valence-electron chi connectivity index (χ1n) is 22.6. The Morgan fingerprint density at radius 1 is 0.939 bits per heavy atom. The van der Waals surface area contributed by atoms with Crippen LogP contribution in [-0.4, -0.2) is 120 Å². The van der Waals surface area contributed by atoms with Crippen LogP contribution in [-0.2, 0) is 28.2 Å². The van der Waals surface area contributed by atoms with Gasteiger partial charge in [0, 0.05) is 75.3 Å². The van der Waals surface area contributed by atoms with Gasteiger partial charge in [-0.1, -0.05) is 19.1 Å². The number of nitrogens with one attached hydrogen (secondary N) is 4. The van der Waals surface area contributed by atoms with E-state index in [9.17, 15) is 29.1 Å². The number of hydrogen-bond donors (Lipinski definition) is 5. The number of rotatable bonds is 14. The molecule has 0 spiro atoms. The summed E-state index contributed by atoms with van der Waals surface area (Å²) in [6.07, 6.45) is 7.06. The molecule has 4 aliphatic heterocycles. The Hall–Kier alpha value is -6.83. The highest BCUT2D eigenvalue weighted by atomic mass is 19.1. The van der Waals surface area contributed by atoms with Gasteiger partial charge < -0.3 is 26.0 Å². The molecular formula is C47H51FN12O6. The van der Waals surface area contributed by atoms with Crippen molar-refractivity contribution < 1.29 is 28.7 Å². The average Bonchev–Trinajstić information content (AvgIpc) is 3.87. The van der Waals surface area contributed by atoms with Crippen molar-refractivity contribution >= 4 is 57.7 Å². The molecule has 4 amide bonds. The van der Waals surface area contributed by atoms with E-state index in [1.165, 1.54) is 16.9 Å². The maximum Gasteiger partial charge on any atom is 0.278 e. The fraction of sp³-hybridized carbons (Fsp3) is 0.404. The predicted octanol–water partition coefficient (Wildman–Crippen LogP) is 3.35. The van der Waals surface area contributed by atoms with E-state index in [0.29, 0.717) is 60.5 Å². The van der Waals surface area contributed by atoms with Gasteiger partial charge in [-0.3, -0.25) is 39.1 Å². The summed E-state index contributed by atoms with van der Waals surface area (Å²) in [5.41, 5.74) is 2.75. The molecule has 1 aliphatic carbocycles. The number of benzene rings is 2. The van der Waals surface area contributed by atoms with E-state index in [-0.39, 0.29) is 47.8 Å². The number of allylic oxidation sites excluding steroid dienone is 1. The summed E-state index contributed by atoms with van der Waals surface area (Å²) in [6, 6.07) is 13.7. The lowest BCUT2D eigenvalue weighted by Crippen LogP contribution is -2.62. The summed E-state index contributed by atoms with van der Waals surface area (Å²) in [5, 5.41) is 24.2. The summed E-state index contributed by atoms with van der Waals surface area (Å²) in [6.45, 7) is 10.5. The van der Waals surface area contributed by atoms with Gasteiger partial charge >= 0.3 is 0 Å². The zero-order valence-electron chi connectivity index (χ0n) is 36.6. The fourth-order valence-corrected chi connectivity index (χ4v) is 9.97. The predicted molar refractivity (Wildman–Crippen MR) is 244 cm³/mol. The van der Waals surface area contributed by atoms with Crippen LogP contribution in [0.2, 0.25) is 0 Å². The smallest absolute Gasteiger partial charge is 0.278 e. The normalized spacial score (nSPS) is 21.3. The molecule has 5 N–H and O–H groups in total. The maximum absolute atomic E-state index is 15.4. The summed E-state index contributed by atoms with van der Waals surface area (Å²) in [4.78, 5) is 83.2. The number of hydrogen-bond acceptors (Lipinski definition) is 14. The van der Waals surface area contributed by atoms with Gasteiger partial charge in [-0.15, -0.1) is 6.58 Å². The molecule has 19 heteroatoms. The molecule has 5 aromatic rings. The average molecular weight is 899 g/mol. The van der Waals surface area contributed by atoms with E-state index in [2.05, 4.69) is 37.7 Å². The van der Waals surface area contributed by atoms with Crippen molar-refractivity contribution in [3.05, 3.63) is 106 Å². The molecule has 342 valence electrons. The minimum atomic E-state index is -1.10. The number of pyridine rings is 1. The number of imide groups is 2. The van der Waals surface area contributed by atoms with Gasteiger partial charge in [-0.25, -0.2) is 23.7 Å². The third kappa shape index (κ3) is 7.69. The van der Waals surface area contributed by atoms with Crippen LogP contribution in [0.15, 0.2) is 72.2 Å². The van der Waals surface area contributed by atoms with E-state index in [0.717, 1.165) is 73.3 Å². The molecule has 3 saturated heterocycles. The lowest BCUT2D eigenvalue weighted by Gasteiger charge is -2.48. The largest absolute Gasteiger partial charge is 0.384 e. The van der Waals surface area contributed by atoms with Crippen LogP contribution >= 0.6 is 0 Å². The molecule has 2 atom stereocenters. The first-order valence-corrected chi connectivity index (χ1v) is 22.6. The zero-order valence-corrected chi connectivity index (χ0v) is 36.6. The zero-order chi connectivity index (χ0) is 45.9. The number of nitrogens with zero attached hydrogens (tertiary/aromatic N) is 8. The number of amides is 4. The van der Waals surface area contributed by atoms with Crippen molar-refractivity contribution in [2.75, 3.05) is 54.8 Å². The number of carbonyl (C=O) groups is 4. The molecule has 0 radical (unpaired) electrons. The van der Waals surface area contributed by atoms with Crippen LogP contribution in [0.5, 0.6) is 0 Å². The van der Waals surface area contributed by atoms with Gasteiger partial charge in [0.2, 0.25) is 17.8 Å². The lowest BCUT2D eigenvalue weighted by atomic mass is 9.98. The summed E-state index contributed by atoms with van der Waals surface area (Å²) < 4.78 is 18.6. The minimum Gasteiger partial charge on any atom is -0.384 e. The van der Waals surface area contributed by atoms with E-state index < -0.39 is 41.1 Å². The van der Waals surface area contributed by atoms with Crippen molar-refractivity contribution in [1.29, 1.82) is 0 Å². The Labute approximate surface area is 378 Å². The number of fused-ring (bicyclic) bond motifs is 3. The summed E-state index contributed by atoms with van der Waals surface area (Å²) >= 11 is 0. The number of carbonyl (C=O) groups excluding carboxylic acids is 4. The maximum atomic E-state index is 15.4. The molecule has 0 saturated carbocycles. The number of halogens is 1. The van der Waals surface area contributed by atoms with Crippen LogP contribution in [0.25, 0.3) is 16.9 Å². The molecule has 3 fully saturated rings. The minimum absolute atomic E-state index is 0.0150. The van der Waals surface area contributed by atoms with Gasteiger partial charge in [0.1, 0.15) is 22.8 Å². The Morgan fingerprint density at radius 2 is 1.68 bits per heavy atom. The molecule has 0 bridgehead atoms. The van der Waals surface area contributed by atoms with Crippen molar-refractivity contribution in [2.45, 2.75) is 82.1 Å². The molecule has 7 heterocycles. The van der Waals surface area contributed by atoms with Gasteiger partial charge in [0.05, 0.1) is 29.1 Å². The van der Waals surface area contributed by atoms with Crippen LogP contribution in [0.1, 0.15) is 77.4 Å². The second-order valence-corrected chi connectivity index (χ2v) is 17.7. The standard InChI is InChI=1S/C47H51FN12O6/c1-3-19-58-43(63)34-24-51-46(55-41(34)60(58)38-11-5-27-13-16-47(66,4-2)40(27)53-38)52-30-8-6-28(7-9-30)49-17-18-50-29-14-20-56(21-15-29)31-25-57(26-31)37-23-33-32(22-35(37)48)44(64)59(45(33)65)36-10-12-39(61)54-42(36)62/h3,5-9,11,22-24,29,31,36,49-50,66H,1,4,10,12-21,25-26H2,2H3,(H,51,52,55)(H,54,61,62)/t36?,47-/m1/s1. The highest BCUT2D eigenvalue weighted by molar-refractivity contribution is 6.23. The molecule has 66 heavy (non-hydrogen) atoms. The van der Waals surface area contributed by atoms with E-state index >= 15 is 4.39 Å². The summed E-state index contributed by atoms with van der Waals surface area (Å²) in [7, 11) is 0. The lowest BCUT2D eigenvalue weighted by molar-refractivity contribution is -0.136. The number of piperidine rings is 2. The Bertz CT molecular complexity index is 2850. The monoisotopic (exact) mass is 898 g/mol. The van der Waals surface area contributed by atoms with Crippen LogP contribution in [0.3, 0.4) is 0 Å². The molecule has 10 rings (SSSR count). The number of aliphatic hydroxyl groups is 1. The first kappa shape index (κ1) is 43.1. The third-order valence-corrected chi connectivity index (χ3v) is 13.8. The molecule has 2 aromatic carbocycles. The van der Waals surface area contributed by atoms with Crippen molar-refractivity contribution in [1.82, 2.24) is 44.7 Å². The van der Waals surface area contributed by atoms with Gasteiger partial charge in [0.25, 0.3) is 17.4 Å². The number of anilines is 4. The summed E-state index contributed by atoms with van der Waals surface area (Å²) in [5.74, 6) is -2.32. The Morgan fingerprint density at radius 3 is 2.41 bits per heavy atom. The van der Waals surface area contributed by atoms with Crippen LogP contribution < -0.4 is 31.7 Å². The quantitative estimate of drug-likeness (QED) is 0.0615. The van der Waals surface area contributed by atoms with E-state index in [1.54, 1.807) is 10.8 Å². The van der Waals surface area contributed by atoms with Gasteiger partial charge in [0.15, 0.2) is 11.5 Å². The highest BCUT2D eigenvalue weighted by Crippen LogP contribution is 2.39. The van der Waals surface area contributed by atoms with Crippen molar-refractivity contribution in [3.63, 3.8) is 0 Å². The topological polar surface area (TPSA) is 212 Å². The van der Waals surface area contributed by atoms with E-state index in [1.807, 2.05) is 48.2 Å².